The molecule has 0 bridgehead atoms. The second-order valence-electron chi connectivity index (χ2n) is 4.24. The van der Waals surface area contributed by atoms with Crippen molar-refractivity contribution in [1.29, 1.82) is 0 Å². The summed E-state index contributed by atoms with van der Waals surface area (Å²) in [7, 11) is 0. The molecule has 0 atom stereocenters. The van der Waals surface area contributed by atoms with Crippen molar-refractivity contribution in [3.63, 3.8) is 0 Å². The smallest absolute Gasteiger partial charge is 0.258 e. The standard InChI is InChI=1S/C15H14F2N2O2/c16-10-1-6-13(14(17)9-10)15(20)19-11-2-4-12(5-3-11)21-8-7-18/h1-6,9H,7-8,18H2,(H,19,20). The maximum atomic E-state index is 13.5. The van der Waals surface area contributed by atoms with E-state index in [9.17, 15) is 13.6 Å². The topological polar surface area (TPSA) is 64.3 Å². The molecule has 2 aromatic rings. The van der Waals surface area contributed by atoms with Gasteiger partial charge in [0.05, 0.1) is 5.56 Å². The molecule has 0 aromatic heterocycles. The van der Waals surface area contributed by atoms with E-state index in [-0.39, 0.29) is 5.56 Å². The molecule has 6 heteroatoms. The average molecular weight is 292 g/mol. The number of nitrogens with two attached hydrogens (primary N) is 1. The third-order valence-electron chi connectivity index (χ3n) is 2.67. The van der Waals surface area contributed by atoms with Crippen molar-refractivity contribution in [3.05, 3.63) is 59.7 Å². The van der Waals surface area contributed by atoms with Gasteiger partial charge in [0, 0.05) is 18.3 Å². The van der Waals surface area contributed by atoms with Crippen LogP contribution in [-0.2, 0) is 0 Å². The van der Waals surface area contributed by atoms with E-state index in [4.69, 9.17) is 10.5 Å². The highest BCUT2D eigenvalue weighted by Gasteiger charge is 2.12. The summed E-state index contributed by atoms with van der Waals surface area (Å²) >= 11 is 0. The summed E-state index contributed by atoms with van der Waals surface area (Å²) in [5.41, 5.74) is 5.57. The molecular formula is C15H14F2N2O2. The van der Waals surface area contributed by atoms with Gasteiger partial charge >= 0.3 is 0 Å². The quantitative estimate of drug-likeness (QED) is 0.890. The van der Waals surface area contributed by atoms with E-state index in [2.05, 4.69) is 5.32 Å². The minimum absolute atomic E-state index is 0.222. The number of hydrogen-bond acceptors (Lipinski definition) is 3. The summed E-state index contributed by atoms with van der Waals surface area (Å²) in [6, 6.07) is 9.34. The highest BCUT2D eigenvalue weighted by molar-refractivity contribution is 6.04. The normalized spacial score (nSPS) is 10.2. The fraction of sp³-hybridized carbons (Fsp3) is 0.133. The molecule has 2 aromatic carbocycles. The fourth-order valence-corrected chi connectivity index (χ4v) is 1.68. The van der Waals surface area contributed by atoms with E-state index in [1.54, 1.807) is 24.3 Å². The van der Waals surface area contributed by atoms with E-state index in [0.717, 1.165) is 12.1 Å². The first-order valence-electron chi connectivity index (χ1n) is 6.29. The van der Waals surface area contributed by atoms with Crippen molar-refractivity contribution in [2.45, 2.75) is 0 Å². The minimum Gasteiger partial charge on any atom is -0.492 e. The van der Waals surface area contributed by atoms with E-state index in [0.29, 0.717) is 30.7 Å². The fourth-order valence-electron chi connectivity index (χ4n) is 1.68. The zero-order chi connectivity index (χ0) is 15.2. The van der Waals surface area contributed by atoms with Crippen LogP contribution >= 0.6 is 0 Å². The van der Waals surface area contributed by atoms with Crippen LogP contribution in [0.1, 0.15) is 10.4 Å². The molecule has 0 unspecified atom stereocenters. The lowest BCUT2D eigenvalue weighted by molar-refractivity contribution is 0.102. The van der Waals surface area contributed by atoms with Crippen LogP contribution in [0, 0.1) is 11.6 Å². The van der Waals surface area contributed by atoms with Gasteiger partial charge in [0.2, 0.25) is 0 Å². The Morgan fingerprint density at radius 2 is 1.86 bits per heavy atom. The number of ether oxygens (including phenoxy) is 1. The predicted octanol–water partition coefficient (Wildman–Crippen LogP) is 2.55. The molecule has 110 valence electrons. The van der Waals surface area contributed by atoms with E-state index < -0.39 is 17.5 Å². The lowest BCUT2D eigenvalue weighted by Gasteiger charge is -2.08. The van der Waals surface area contributed by atoms with Crippen LogP contribution in [-0.4, -0.2) is 19.1 Å². The van der Waals surface area contributed by atoms with Gasteiger partial charge in [-0.15, -0.1) is 0 Å². The summed E-state index contributed by atoms with van der Waals surface area (Å²) in [5, 5.41) is 2.52. The average Bonchev–Trinajstić information content (AvgIpc) is 2.46. The van der Waals surface area contributed by atoms with Crippen molar-refractivity contribution in [3.8, 4) is 5.75 Å². The van der Waals surface area contributed by atoms with Gasteiger partial charge in [-0.25, -0.2) is 8.78 Å². The summed E-state index contributed by atoms with van der Waals surface area (Å²) in [5.74, 6) is -1.67. The van der Waals surface area contributed by atoms with Gasteiger partial charge in [0.1, 0.15) is 24.0 Å². The third-order valence-corrected chi connectivity index (χ3v) is 2.67. The second kappa shape index (κ2) is 6.81. The van der Waals surface area contributed by atoms with Crippen molar-refractivity contribution in [2.75, 3.05) is 18.5 Å². The molecule has 0 aliphatic rings. The van der Waals surface area contributed by atoms with E-state index in [1.165, 1.54) is 0 Å². The number of benzene rings is 2. The molecule has 2 rings (SSSR count). The molecule has 0 heterocycles. The third kappa shape index (κ3) is 4.00. The van der Waals surface area contributed by atoms with E-state index >= 15 is 0 Å². The Kier molecular flexibility index (Phi) is 4.84. The first kappa shape index (κ1) is 14.9. The highest BCUT2D eigenvalue weighted by Crippen LogP contribution is 2.17. The molecule has 0 saturated carbocycles. The predicted molar refractivity (Wildman–Crippen MR) is 75.3 cm³/mol. The number of carbonyl (C=O) groups excluding carboxylic acids is 1. The Labute approximate surface area is 120 Å². The number of amides is 1. The Morgan fingerprint density at radius 3 is 2.48 bits per heavy atom. The van der Waals surface area contributed by atoms with Gasteiger partial charge in [-0.3, -0.25) is 4.79 Å². The first-order chi connectivity index (χ1) is 10.1. The number of rotatable bonds is 5. The summed E-state index contributed by atoms with van der Waals surface area (Å²) in [6.45, 7) is 0.800. The molecule has 0 spiro atoms. The Morgan fingerprint density at radius 1 is 1.14 bits per heavy atom. The molecule has 3 N–H and O–H groups in total. The molecule has 0 saturated heterocycles. The molecular weight excluding hydrogens is 278 g/mol. The molecule has 0 aliphatic carbocycles. The first-order valence-corrected chi connectivity index (χ1v) is 6.29. The molecule has 21 heavy (non-hydrogen) atoms. The molecule has 0 radical (unpaired) electrons. The maximum Gasteiger partial charge on any atom is 0.258 e. The largest absolute Gasteiger partial charge is 0.492 e. The lowest BCUT2D eigenvalue weighted by atomic mass is 10.2. The van der Waals surface area contributed by atoms with Gasteiger partial charge in [0.15, 0.2) is 0 Å². The highest BCUT2D eigenvalue weighted by atomic mass is 19.1. The lowest BCUT2D eigenvalue weighted by Crippen LogP contribution is -2.14. The summed E-state index contributed by atoms with van der Waals surface area (Å²) < 4.78 is 31.6. The molecule has 4 nitrogen and oxygen atoms in total. The van der Waals surface area contributed by atoms with Crippen molar-refractivity contribution in [2.24, 2.45) is 5.73 Å². The number of halogens is 2. The van der Waals surface area contributed by atoms with E-state index in [1.807, 2.05) is 0 Å². The van der Waals surface area contributed by atoms with Crippen LogP contribution in [0.4, 0.5) is 14.5 Å². The number of carbonyl (C=O) groups is 1. The van der Waals surface area contributed by atoms with Crippen LogP contribution in [0.5, 0.6) is 5.75 Å². The van der Waals surface area contributed by atoms with Crippen LogP contribution in [0.25, 0.3) is 0 Å². The SMILES string of the molecule is NCCOc1ccc(NC(=O)c2ccc(F)cc2F)cc1. The maximum absolute atomic E-state index is 13.5. The zero-order valence-electron chi connectivity index (χ0n) is 11.1. The van der Waals surface area contributed by atoms with Gasteiger partial charge in [-0.05, 0) is 36.4 Å². The second-order valence-corrected chi connectivity index (χ2v) is 4.24. The number of nitrogens with one attached hydrogen (secondary N) is 1. The van der Waals surface area contributed by atoms with Crippen LogP contribution < -0.4 is 15.8 Å². The summed E-state index contributed by atoms with van der Waals surface area (Å²) in [6.07, 6.45) is 0. The Balaban J connectivity index is 2.05. The Hall–Kier alpha value is -2.47. The molecule has 0 aliphatic heterocycles. The van der Waals surface area contributed by atoms with Gasteiger partial charge in [0.25, 0.3) is 5.91 Å². The van der Waals surface area contributed by atoms with Crippen LogP contribution in [0.15, 0.2) is 42.5 Å². The van der Waals surface area contributed by atoms with Gasteiger partial charge < -0.3 is 15.8 Å². The Bertz CT molecular complexity index is 630. The van der Waals surface area contributed by atoms with Crippen molar-refractivity contribution in [1.82, 2.24) is 0 Å². The monoisotopic (exact) mass is 292 g/mol. The zero-order valence-corrected chi connectivity index (χ0v) is 11.1. The number of hydrogen-bond donors (Lipinski definition) is 2. The van der Waals surface area contributed by atoms with Gasteiger partial charge in [-0.2, -0.15) is 0 Å². The van der Waals surface area contributed by atoms with Crippen molar-refractivity contribution >= 4 is 11.6 Å². The minimum atomic E-state index is -0.907. The number of anilines is 1. The van der Waals surface area contributed by atoms with Crippen LogP contribution in [0.2, 0.25) is 0 Å². The van der Waals surface area contributed by atoms with Crippen molar-refractivity contribution < 1.29 is 18.3 Å². The van der Waals surface area contributed by atoms with Gasteiger partial charge in [-0.1, -0.05) is 0 Å². The molecule has 0 fully saturated rings. The molecule has 1 amide bonds. The van der Waals surface area contributed by atoms with Crippen LogP contribution in [0.3, 0.4) is 0 Å². The summed E-state index contributed by atoms with van der Waals surface area (Å²) in [4.78, 5) is 11.9.